The third kappa shape index (κ3) is 5.90. The van der Waals surface area contributed by atoms with E-state index < -0.39 is 12.2 Å². The Morgan fingerprint density at radius 2 is 2.12 bits per heavy atom. The van der Waals surface area contributed by atoms with Gasteiger partial charge in [-0.15, -0.1) is 11.3 Å². The van der Waals surface area contributed by atoms with Gasteiger partial charge < -0.3 is 25.0 Å². The maximum absolute atomic E-state index is 13.3. The van der Waals surface area contributed by atoms with Gasteiger partial charge in [-0.3, -0.25) is 4.79 Å². The van der Waals surface area contributed by atoms with E-state index in [0.29, 0.717) is 19.7 Å². The molecule has 0 bridgehead atoms. The first-order valence-electron chi connectivity index (χ1n) is 11.6. The van der Waals surface area contributed by atoms with Crippen LogP contribution in [0.3, 0.4) is 0 Å². The van der Waals surface area contributed by atoms with Crippen molar-refractivity contribution < 1.29 is 19.1 Å². The fourth-order valence-electron chi connectivity index (χ4n) is 4.10. The fraction of sp³-hybridized carbons (Fsp3) is 0.542. The number of alkyl carbamates (subject to hydrolysis) is 1. The van der Waals surface area contributed by atoms with E-state index in [-0.39, 0.29) is 18.0 Å². The van der Waals surface area contributed by atoms with Gasteiger partial charge in [0.05, 0.1) is 30.3 Å². The molecule has 1 saturated heterocycles. The van der Waals surface area contributed by atoms with E-state index in [2.05, 4.69) is 34.4 Å². The first-order chi connectivity index (χ1) is 16.1. The van der Waals surface area contributed by atoms with E-state index in [4.69, 9.17) is 9.72 Å². The Hall–Kier alpha value is -2.49. The zero-order valence-corrected chi connectivity index (χ0v) is 20.0. The number of methoxy groups -OCH3 is 1. The van der Waals surface area contributed by atoms with Crippen LogP contribution in [0.25, 0.3) is 10.4 Å². The SMILES string of the molecule is COC(=O)NCCCc1nc([C@@H](C)N(C(=O)[C@H]2CNCCO2)C2CC2)sc1-c1ccccc1. The monoisotopic (exact) mass is 472 g/mol. The number of nitrogens with one attached hydrogen (secondary N) is 2. The number of nitrogens with zero attached hydrogens (tertiary/aromatic N) is 2. The minimum absolute atomic E-state index is 0.0532. The molecule has 1 aromatic carbocycles. The minimum Gasteiger partial charge on any atom is -0.453 e. The van der Waals surface area contributed by atoms with Crippen LogP contribution in [-0.4, -0.2) is 67.4 Å². The van der Waals surface area contributed by atoms with E-state index in [0.717, 1.165) is 53.4 Å². The number of benzene rings is 1. The van der Waals surface area contributed by atoms with Gasteiger partial charge in [0.2, 0.25) is 0 Å². The molecular formula is C24H32N4O4S. The van der Waals surface area contributed by atoms with Crippen LogP contribution in [0, 0.1) is 0 Å². The third-order valence-electron chi connectivity index (χ3n) is 5.97. The summed E-state index contributed by atoms with van der Waals surface area (Å²) < 4.78 is 10.4. The summed E-state index contributed by atoms with van der Waals surface area (Å²) in [5.41, 5.74) is 2.12. The van der Waals surface area contributed by atoms with Crippen molar-refractivity contribution in [3.63, 3.8) is 0 Å². The van der Waals surface area contributed by atoms with Crippen LogP contribution < -0.4 is 10.6 Å². The molecule has 2 N–H and O–H groups in total. The van der Waals surface area contributed by atoms with Crippen molar-refractivity contribution in [2.75, 3.05) is 33.4 Å². The van der Waals surface area contributed by atoms with Gasteiger partial charge in [-0.1, -0.05) is 30.3 Å². The van der Waals surface area contributed by atoms with E-state index >= 15 is 0 Å². The van der Waals surface area contributed by atoms with E-state index in [1.165, 1.54) is 7.11 Å². The molecule has 0 radical (unpaired) electrons. The highest BCUT2D eigenvalue weighted by Crippen LogP contribution is 2.40. The Labute approximate surface area is 198 Å². The molecule has 1 saturated carbocycles. The Morgan fingerprint density at radius 3 is 2.79 bits per heavy atom. The highest BCUT2D eigenvalue weighted by atomic mass is 32.1. The Bertz CT molecular complexity index is 941. The van der Waals surface area contributed by atoms with Crippen LogP contribution in [0.15, 0.2) is 30.3 Å². The Kier molecular flexibility index (Phi) is 7.95. The first-order valence-corrected chi connectivity index (χ1v) is 12.4. The summed E-state index contributed by atoms with van der Waals surface area (Å²) in [7, 11) is 1.36. The highest BCUT2D eigenvalue weighted by Gasteiger charge is 2.41. The fourth-order valence-corrected chi connectivity index (χ4v) is 5.27. The zero-order chi connectivity index (χ0) is 23.2. The number of amides is 2. The quantitative estimate of drug-likeness (QED) is 0.545. The molecule has 33 heavy (non-hydrogen) atoms. The molecule has 2 fully saturated rings. The van der Waals surface area contributed by atoms with E-state index in [1.54, 1.807) is 11.3 Å². The second kappa shape index (κ2) is 11.1. The lowest BCUT2D eigenvalue weighted by Gasteiger charge is -2.33. The molecule has 2 aromatic rings. The zero-order valence-electron chi connectivity index (χ0n) is 19.2. The number of morpholine rings is 1. The molecule has 1 aliphatic heterocycles. The van der Waals surface area contributed by atoms with Crippen molar-refractivity contribution in [2.45, 2.75) is 50.8 Å². The van der Waals surface area contributed by atoms with Crippen LogP contribution >= 0.6 is 11.3 Å². The highest BCUT2D eigenvalue weighted by molar-refractivity contribution is 7.15. The van der Waals surface area contributed by atoms with Crippen LogP contribution in [-0.2, 0) is 20.7 Å². The molecule has 2 aliphatic rings. The molecule has 178 valence electrons. The number of carbonyl (C=O) groups is 2. The van der Waals surface area contributed by atoms with Crippen LogP contribution in [0.5, 0.6) is 0 Å². The number of aryl methyl sites for hydroxylation is 1. The van der Waals surface area contributed by atoms with Gasteiger partial charge in [0.25, 0.3) is 5.91 Å². The summed E-state index contributed by atoms with van der Waals surface area (Å²) in [6.07, 6.45) is 2.67. The molecule has 0 spiro atoms. The minimum atomic E-state index is -0.431. The average molecular weight is 473 g/mol. The summed E-state index contributed by atoms with van der Waals surface area (Å²) in [5, 5.41) is 6.92. The van der Waals surface area contributed by atoms with Crippen molar-refractivity contribution >= 4 is 23.3 Å². The number of rotatable bonds is 9. The molecule has 1 aromatic heterocycles. The number of hydrogen-bond donors (Lipinski definition) is 2. The molecule has 8 nitrogen and oxygen atoms in total. The smallest absolute Gasteiger partial charge is 0.406 e. The van der Waals surface area contributed by atoms with Crippen LogP contribution in [0.1, 0.15) is 42.9 Å². The lowest BCUT2D eigenvalue weighted by molar-refractivity contribution is -0.148. The number of thiazole rings is 1. The van der Waals surface area contributed by atoms with E-state index in [9.17, 15) is 9.59 Å². The van der Waals surface area contributed by atoms with E-state index in [1.807, 2.05) is 23.1 Å². The lowest BCUT2D eigenvalue weighted by Crippen LogP contribution is -2.50. The van der Waals surface area contributed by atoms with Gasteiger partial charge >= 0.3 is 6.09 Å². The van der Waals surface area contributed by atoms with Gasteiger partial charge in [0.1, 0.15) is 11.1 Å². The molecule has 9 heteroatoms. The second-order valence-corrected chi connectivity index (χ2v) is 9.46. The van der Waals surface area contributed by atoms with Gasteiger partial charge in [-0.25, -0.2) is 9.78 Å². The summed E-state index contributed by atoms with van der Waals surface area (Å²) in [4.78, 5) is 32.8. The topological polar surface area (TPSA) is 92.8 Å². The first kappa shape index (κ1) is 23.7. The second-order valence-electron chi connectivity index (χ2n) is 8.43. The van der Waals surface area contributed by atoms with Crippen molar-refractivity contribution in [1.82, 2.24) is 20.5 Å². The maximum atomic E-state index is 13.3. The molecule has 2 heterocycles. The predicted molar refractivity (Wildman–Crippen MR) is 127 cm³/mol. The normalized spacial score (nSPS) is 19.0. The van der Waals surface area contributed by atoms with Gasteiger partial charge in [0, 0.05) is 25.7 Å². The summed E-state index contributed by atoms with van der Waals surface area (Å²) in [6.45, 7) is 4.48. The molecule has 1 aliphatic carbocycles. The largest absolute Gasteiger partial charge is 0.453 e. The standard InChI is InChI=1S/C24H32N4O4S/c1-16(28(18-10-11-18)23(29)20-15-25-13-14-32-20)22-27-19(9-6-12-26-24(30)31-2)21(33-22)17-7-4-3-5-8-17/h3-5,7-8,16,18,20,25H,6,9-15H2,1-2H3,(H,26,30)/t16-,20-/m1/s1. The van der Waals surface area contributed by atoms with Crippen LogP contribution in [0.4, 0.5) is 4.79 Å². The van der Waals surface area contributed by atoms with Crippen molar-refractivity contribution in [3.05, 3.63) is 41.0 Å². The predicted octanol–water partition coefficient (Wildman–Crippen LogP) is 3.14. The third-order valence-corrected chi connectivity index (χ3v) is 7.28. The van der Waals surface area contributed by atoms with Gasteiger partial charge in [-0.2, -0.15) is 0 Å². The summed E-state index contributed by atoms with van der Waals surface area (Å²) in [6, 6.07) is 10.4. The number of carbonyl (C=O) groups excluding carboxylic acids is 2. The molecule has 2 amide bonds. The van der Waals surface area contributed by atoms with Crippen molar-refractivity contribution in [2.24, 2.45) is 0 Å². The maximum Gasteiger partial charge on any atom is 0.406 e. The van der Waals surface area contributed by atoms with Crippen molar-refractivity contribution in [3.8, 4) is 10.4 Å². The summed E-state index contributed by atoms with van der Waals surface area (Å²) >= 11 is 1.65. The van der Waals surface area contributed by atoms with Gasteiger partial charge in [-0.05, 0) is 38.2 Å². The Morgan fingerprint density at radius 1 is 1.33 bits per heavy atom. The summed E-state index contributed by atoms with van der Waals surface area (Å²) in [5.74, 6) is 0.0532. The molecule has 4 rings (SSSR count). The average Bonchev–Trinajstić information content (AvgIpc) is 3.60. The number of ether oxygens (including phenoxy) is 2. The molecule has 0 unspecified atom stereocenters. The van der Waals surface area contributed by atoms with Crippen molar-refractivity contribution in [1.29, 1.82) is 0 Å². The number of hydrogen-bond acceptors (Lipinski definition) is 7. The van der Waals surface area contributed by atoms with Gasteiger partial charge in [0.15, 0.2) is 0 Å². The Balaban J connectivity index is 1.54. The molecule has 2 atom stereocenters. The van der Waals surface area contributed by atoms with Crippen LogP contribution in [0.2, 0.25) is 0 Å². The lowest BCUT2D eigenvalue weighted by atomic mass is 10.1. The number of aromatic nitrogens is 1. The molecular weight excluding hydrogens is 440 g/mol.